The smallest absolute Gasteiger partial charge is 0.221 e. The first kappa shape index (κ1) is 12.8. The van der Waals surface area contributed by atoms with Crippen LogP contribution in [0.2, 0.25) is 0 Å². The fourth-order valence-electron chi connectivity index (χ4n) is 2.05. The Morgan fingerprint density at radius 3 is 2.83 bits per heavy atom. The monoisotopic (exact) mass is 245 g/mol. The van der Waals surface area contributed by atoms with Crippen LogP contribution >= 0.6 is 0 Å². The molecule has 0 aliphatic rings. The second-order valence-electron chi connectivity index (χ2n) is 4.52. The zero-order valence-electron chi connectivity index (χ0n) is 10.9. The van der Waals surface area contributed by atoms with E-state index in [1.807, 2.05) is 37.3 Å². The Morgan fingerprint density at radius 2 is 2.11 bits per heavy atom. The second-order valence-corrected chi connectivity index (χ2v) is 4.52. The van der Waals surface area contributed by atoms with Crippen LogP contribution in [0, 0.1) is 0 Å². The second kappa shape index (κ2) is 5.83. The van der Waals surface area contributed by atoms with Crippen LogP contribution in [0.3, 0.4) is 0 Å². The third-order valence-corrected chi connectivity index (χ3v) is 2.93. The molecule has 18 heavy (non-hydrogen) atoms. The number of aliphatic hydroxyl groups is 1. The third kappa shape index (κ3) is 2.79. The predicted octanol–water partition coefficient (Wildman–Crippen LogP) is 3.29. The van der Waals surface area contributed by atoms with Crippen molar-refractivity contribution < 1.29 is 9.84 Å². The molecule has 0 saturated heterocycles. The Kier molecular flexibility index (Phi) is 4.15. The fraction of sp³-hybridized carbons (Fsp3) is 0.400. The van der Waals surface area contributed by atoms with E-state index in [2.05, 4.69) is 11.9 Å². The SMILES string of the molecule is CCCC(C)Oc1nc(CO)cc2ccccc12. The molecule has 0 amide bonds. The van der Waals surface area contributed by atoms with E-state index < -0.39 is 0 Å². The van der Waals surface area contributed by atoms with Gasteiger partial charge in [-0.3, -0.25) is 0 Å². The number of ether oxygens (including phenoxy) is 1. The Hall–Kier alpha value is -1.61. The van der Waals surface area contributed by atoms with Gasteiger partial charge in [0.2, 0.25) is 5.88 Å². The van der Waals surface area contributed by atoms with Crippen molar-refractivity contribution in [1.82, 2.24) is 4.98 Å². The Balaban J connectivity index is 2.40. The minimum atomic E-state index is -0.0661. The Labute approximate surface area is 107 Å². The van der Waals surface area contributed by atoms with Gasteiger partial charge in [0.05, 0.1) is 18.4 Å². The lowest BCUT2D eigenvalue weighted by atomic mass is 10.1. The summed E-state index contributed by atoms with van der Waals surface area (Å²) in [4.78, 5) is 4.37. The van der Waals surface area contributed by atoms with Gasteiger partial charge in [0.1, 0.15) is 0 Å². The maximum absolute atomic E-state index is 9.24. The van der Waals surface area contributed by atoms with Gasteiger partial charge in [-0.15, -0.1) is 0 Å². The van der Waals surface area contributed by atoms with Crippen LogP contribution in [0.15, 0.2) is 30.3 Å². The van der Waals surface area contributed by atoms with Crippen LogP contribution in [0.4, 0.5) is 0 Å². The number of benzene rings is 1. The molecule has 1 aromatic heterocycles. The van der Waals surface area contributed by atoms with Crippen molar-refractivity contribution in [3.05, 3.63) is 36.0 Å². The van der Waals surface area contributed by atoms with Gasteiger partial charge >= 0.3 is 0 Å². The van der Waals surface area contributed by atoms with Crippen LogP contribution in [0.1, 0.15) is 32.4 Å². The molecule has 1 heterocycles. The van der Waals surface area contributed by atoms with Gasteiger partial charge in [0.15, 0.2) is 0 Å². The number of nitrogens with zero attached hydrogens (tertiary/aromatic N) is 1. The van der Waals surface area contributed by atoms with Crippen molar-refractivity contribution in [3.8, 4) is 5.88 Å². The molecule has 0 aliphatic heterocycles. The van der Waals surface area contributed by atoms with Gasteiger partial charge in [0, 0.05) is 5.39 Å². The van der Waals surface area contributed by atoms with E-state index in [0.29, 0.717) is 11.6 Å². The van der Waals surface area contributed by atoms with E-state index >= 15 is 0 Å². The van der Waals surface area contributed by atoms with Crippen molar-refractivity contribution in [2.45, 2.75) is 39.4 Å². The standard InChI is InChI=1S/C15H19NO2/c1-3-6-11(2)18-15-14-8-5-4-7-12(14)9-13(10-17)16-15/h4-5,7-9,11,17H,3,6,10H2,1-2H3. The first-order chi connectivity index (χ1) is 8.74. The lowest BCUT2D eigenvalue weighted by molar-refractivity contribution is 0.201. The van der Waals surface area contributed by atoms with Crippen LogP contribution in [-0.4, -0.2) is 16.2 Å². The normalized spacial score (nSPS) is 12.6. The largest absolute Gasteiger partial charge is 0.474 e. The average molecular weight is 245 g/mol. The molecule has 0 aliphatic carbocycles. The molecular weight excluding hydrogens is 226 g/mol. The summed E-state index contributed by atoms with van der Waals surface area (Å²) >= 11 is 0. The number of hydrogen-bond donors (Lipinski definition) is 1. The number of fused-ring (bicyclic) bond motifs is 1. The van der Waals surface area contributed by atoms with Crippen molar-refractivity contribution >= 4 is 10.8 Å². The average Bonchev–Trinajstić information content (AvgIpc) is 2.38. The molecule has 0 fully saturated rings. The molecule has 96 valence electrons. The third-order valence-electron chi connectivity index (χ3n) is 2.93. The van der Waals surface area contributed by atoms with E-state index in [9.17, 15) is 5.11 Å². The summed E-state index contributed by atoms with van der Waals surface area (Å²) in [6.45, 7) is 4.12. The summed E-state index contributed by atoms with van der Waals surface area (Å²) in [6.07, 6.45) is 2.22. The summed E-state index contributed by atoms with van der Waals surface area (Å²) in [5.74, 6) is 0.623. The molecule has 3 heteroatoms. The lowest BCUT2D eigenvalue weighted by Crippen LogP contribution is -2.12. The number of pyridine rings is 1. The maximum atomic E-state index is 9.24. The number of rotatable bonds is 5. The van der Waals surface area contributed by atoms with Crippen molar-refractivity contribution in [1.29, 1.82) is 0 Å². The summed E-state index contributed by atoms with van der Waals surface area (Å²) < 4.78 is 5.89. The molecular formula is C15H19NO2. The van der Waals surface area contributed by atoms with Gasteiger partial charge in [0.25, 0.3) is 0 Å². The van der Waals surface area contributed by atoms with Crippen LogP contribution in [0.25, 0.3) is 10.8 Å². The highest BCUT2D eigenvalue weighted by Gasteiger charge is 2.10. The molecule has 0 spiro atoms. The minimum Gasteiger partial charge on any atom is -0.474 e. The van der Waals surface area contributed by atoms with Gasteiger partial charge in [-0.25, -0.2) is 4.98 Å². The maximum Gasteiger partial charge on any atom is 0.221 e. The van der Waals surface area contributed by atoms with Crippen molar-refractivity contribution in [2.75, 3.05) is 0 Å². The summed E-state index contributed by atoms with van der Waals surface area (Å²) in [5.41, 5.74) is 0.646. The highest BCUT2D eigenvalue weighted by Crippen LogP contribution is 2.25. The van der Waals surface area contributed by atoms with Gasteiger partial charge in [-0.05, 0) is 30.9 Å². The molecule has 0 saturated carbocycles. The fourth-order valence-corrected chi connectivity index (χ4v) is 2.05. The minimum absolute atomic E-state index is 0.0661. The predicted molar refractivity (Wildman–Crippen MR) is 72.7 cm³/mol. The molecule has 3 nitrogen and oxygen atoms in total. The van der Waals surface area contributed by atoms with E-state index in [-0.39, 0.29) is 12.7 Å². The van der Waals surface area contributed by atoms with Crippen molar-refractivity contribution in [2.24, 2.45) is 0 Å². The van der Waals surface area contributed by atoms with E-state index in [1.165, 1.54) is 0 Å². The van der Waals surface area contributed by atoms with Gasteiger partial charge < -0.3 is 9.84 Å². The zero-order valence-corrected chi connectivity index (χ0v) is 10.9. The summed E-state index contributed by atoms with van der Waals surface area (Å²) in [6, 6.07) is 9.85. The van der Waals surface area contributed by atoms with E-state index in [0.717, 1.165) is 23.6 Å². The number of aliphatic hydroxyl groups excluding tert-OH is 1. The van der Waals surface area contributed by atoms with E-state index in [1.54, 1.807) is 0 Å². The summed E-state index contributed by atoms with van der Waals surface area (Å²) in [7, 11) is 0. The van der Waals surface area contributed by atoms with Crippen LogP contribution in [-0.2, 0) is 6.61 Å². The molecule has 1 N–H and O–H groups in total. The van der Waals surface area contributed by atoms with Crippen LogP contribution in [0.5, 0.6) is 5.88 Å². The highest BCUT2D eigenvalue weighted by atomic mass is 16.5. The van der Waals surface area contributed by atoms with Gasteiger partial charge in [-0.1, -0.05) is 31.5 Å². The van der Waals surface area contributed by atoms with Crippen molar-refractivity contribution in [3.63, 3.8) is 0 Å². The molecule has 0 radical (unpaired) electrons. The molecule has 1 unspecified atom stereocenters. The Bertz CT molecular complexity index is 525. The molecule has 1 aromatic carbocycles. The first-order valence-corrected chi connectivity index (χ1v) is 6.40. The number of hydrogen-bond acceptors (Lipinski definition) is 3. The number of aromatic nitrogens is 1. The lowest BCUT2D eigenvalue weighted by Gasteiger charge is -2.15. The molecule has 2 aromatic rings. The topological polar surface area (TPSA) is 42.4 Å². The van der Waals surface area contributed by atoms with E-state index in [4.69, 9.17) is 4.74 Å². The summed E-state index contributed by atoms with van der Waals surface area (Å²) in [5, 5.41) is 11.3. The van der Waals surface area contributed by atoms with Crippen LogP contribution < -0.4 is 4.74 Å². The van der Waals surface area contributed by atoms with Gasteiger partial charge in [-0.2, -0.15) is 0 Å². The highest BCUT2D eigenvalue weighted by molar-refractivity contribution is 5.87. The molecule has 0 bridgehead atoms. The molecule has 2 rings (SSSR count). The zero-order chi connectivity index (χ0) is 13.0. The molecule has 1 atom stereocenters. The quantitative estimate of drug-likeness (QED) is 0.878. The Morgan fingerprint density at radius 1 is 1.33 bits per heavy atom. The first-order valence-electron chi connectivity index (χ1n) is 6.40.